The van der Waals surface area contributed by atoms with E-state index in [1.807, 2.05) is 13.1 Å². The van der Waals surface area contributed by atoms with Crippen LogP contribution in [0.3, 0.4) is 0 Å². The second-order valence-corrected chi connectivity index (χ2v) is 4.91. The molecule has 102 valence electrons. The molecule has 0 saturated heterocycles. The van der Waals surface area contributed by atoms with E-state index < -0.39 is 0 Å². The van der Waals surface area contributed by atoms with Crippen LogP contribution in [-0.2, 0) is 6.42 Å². The predicted octanol–water partition coefficient (Wildman–Crippen LogP) is 3.24. The Bertz CT molecular complexity index is 405. The zero-order chi connectivity index (χ0) is 13.7. The van der Waals surface area contributed by atoms with Gasteiger partial charge in [-0.2, -0.15) is 0 Å². The van der Waals surface area contributed by atoms with Crippen LogP contribution in [-0.4, -0.2) is 27.8 Å². The van der Waals surface area contributed by atoms with Crippen molar-refractivity contribution in [2.75, 3.05) is 27.8 Å². The molecule has 0 atom stereocenters. The lowest BCUT2D eigenvalue weighted by atomic mass is 9.93. The first-order valence-electron chi connectivity index (χ1n) is 6.14. The third-order valence-corrected chi connectivity index (χ3v) is 3.23. The molecule has 0 bridgehead atoms. The molecule has 1 N–H and O–H groups in total. The molecule has 18 heavy (non-hydrogen) atoms. The number of hydrogen-bond acceptors (Lipinski definition) is 3. The van der Waals surface area contributed by atoms with Gasteiger partial charge in [-0.1, -0.05) is 25.4 Å². The van der Waals surface area contributed by atoms with Crippen molar-refractivity contribution in [1.82, 2.24) is 5.32 Å². The van der Waals surface area contributed by atoms with Crippen molar-refractivity contribution in [3.8, 4) is 11.5 Å². The number of halogens is 1. The van der Waals surface area contributed by atoms with E-state index in [0.29, 0.717) is 16.7 Å². The van der Waals surface area contributed by atoms with Gasteiger partial charge in [0.1, 0.15) is 0 Å². The number of likely N-dealkylation sites (N-methyl/N-ethyl adjacent to an activating group) is 1. The van der Waals surface area contributed by atoms with Gasteiger partial charge in [0.15, 0.2) is 11.5 Å². The van der Waals surface area contributed by atoms with Crippen molar-refractivity contribution >= 4 is 11.6 Å². The molecule has 3 nitrogen and oxygen atoms in total. The Morgan fingerprint density at radius 2 is 1.83 bits per heavy atom. The molecule has 1 aromatic carbocycles. The molecular weight excluding hydrogens is 250 g/mol. The zero-order valence-corrected chi connectivity index (χ0v) is 12.5. The molecule has 0 aliphatic heterocycles. The maximum Gasteiger partial charge on any atom is 0.179 e. The van der Waals surface area contributed by atoms with Crippen LogP contribution >= 0.6 is 11.6 Å². The summed E-state index contributed by atoms with van der Waals surface area (Å²) in [6, 6.07) is 1.98. The number of benzene rings is 1. The summed E-state index contributed by atoms with van der Waals surface area (Å²) in [5.41, 5.74) is 2.39. The number of hydrogen-bond donors (Lipinski definition) is 1. The first-order chi connectivity index (χ1) is 8.56. The maximum absolute atomic E-state index is 6.24. The third kappa shape index (κ3) is 3.09. The highest BCUT2D eigenvalue weighted by Gasteiger charge is 2.20. The monoisotopic (exact) mass is 271 g/mol. The first kappa shape index (κ1) is 15.1. The highest BCUT2D eigenvalue weighted by Crippen LogP contribution is 2.43. The van der Waals surface area contributed by atoms with Crippen molar-refractivity contribution in [2.45, 2.75) is 26.2 Å². The number of ether oxygens (including phenoxy) is 2. The van der Waals surface area contributed by atoms with Crippen LogP contribution in [0.2, 0.25) is 5.02 Å². The van der Waals surface area contributed by atoms with E-state index in [1.165, 1.54) is 11.1 Å². The lowest BCUT2D eigenvalue weighted by molar-refractivity contribution is 0.350. The fraction of sp³-hybridized carbons (Fsp3) is 0.571. The average Bonchev–Trinajstić information content (AvgIpc) is 2.34. The van der Waals surface area contributed by atoms with E-state index in [9.17, 15) is 0 Å². The summed E-state index contributed by atoms with van der Waals surface area (Å²) in [5, 5.41) is 3.75. The summed E-state index contributed by atoms with van der Waals surface area (Å²) < 4.78 is 10.8. The van der Waals surface area contributed by atoms with Crippen LogP contribution in [0.1, 0.15) is 30.9 Å². The third-order valence-electron chi connectivity index (χ3n) is 2.94. The highest BCUT2D eigenvalue weighted by molar-refractivity contribution is 6.32. The fourth-order valence-corrected chi connectivity index (χ4v) is 2.46. The van der Waals surface area contributed by atoms with Crippen LogP contribution in [0.4, 0.5) is 0 Å². The minimum atomic E-state index is 0.359. The molecule has 0 fully saturated rings. The Morgan fingerprint density at radius 3 is 2.28 bits per heavy atom. The van der Waals surface area contributed by atoms with Crippen LogP contribution in [0, 0.1) is 0 Å². The Kier molecular flexibility index (Phi) is 5.76. The standard InChI is InChI=1S/C14H22ClNO2/c1-9(2)12-10(6-7-16-3)8-11(15)13(17-4)14(12)18-5/h8-9,16H,6-7H2,1-5H3. The van der Waals surface area contributed by atoms with Gasteiger partial charge in [0.25, 0.3) is 0 Å². The van der Waals surface area contributed by atoms with Crippen molar-refractivity contribution in [1.29, 1.82) is 0 Å². The summed E-state index contributed by atoms with van der Waals surface area (Å²) >= 11 is 6.24. The van der Waals surface area contributed by atoms with Crippen molar-refractivity contribution in [3.63, 3.8) is 0 Å². The molecule has 0 aromatic heterocycles. The summed E-state index contributed by atoms with van der Waals surface area (Å²) in [5.74, 6) is 1.74. The summed E-state index contributed by atoms with van der Waals surface area (Å²) in [6.07, 6.45) is 0.921. The predicted molar refractivity (Wildman–Crippen MR) is 76.3 cm³/mol. The topological polar surface area (TPSA) is 30.5 Å². The fourth-order valence-electron chi connectivity index (χ4n) is 2.17. The Balaban J connectivity index is 3.37. The van der Waals surface area contributed by atoms with Gasteiger partial charge in [-0.05, 0) is 37.6 Å². The van der Waals surface area contributed by atoms with Gasteiger partial charge in [0.2, 0.25) is 0 Å². The minimum Gasteiger partial charge on any atom is -0.492 e. The molecule has 4 heteroatoms. The summed E-state index contributed by atoms with van der Waals surface area (Å²) in [4.78, 5) is 0. The van der Waals surface area contributed by atoms with E-state index in [2.05, 4.69) is 19.2 Å². The molecule has 0 radical (unpaired) electrons. The largest absolute Gasteiger partial charge is 0.492 e. The Hall–Kier alpha value is -0.930. The molecule has 0 aliphatic rings. The van der Waals surface area contributed by atoms with E-state index >= 15 is 0 Å². The van der Waals surface area contributed by atoms with Crippen LogP contribution in [0.5, 0.6) is 11.5 Å². The van der Waals surface area contributed by atoms with Crippen LogP contribution in [0.15, 0.2) is 6.07 Å². The second-order valence-electron chi connectivity index (χ2n) is 4.51. The van der Waals surface area contributed by atoms with Gasteiger partial charge < -0.3 is 14.8 Å². The first-order valence-corrected chi connectivity index (χ1v) is 6.52. The second kappa shape index (κ2) is 6.86. The van der Waals surface area contributed by atoms with E-state index in [4.69, 9.17) is 21.1 Å². The van der Waals surface area contributed by atoms with Gasteiger partial charge in [-0.25, -0.2) is 0 Å². The molecule has 0 aliphatic carbocycles. The van der Waals surface area contributed by atoms with E-state index in [-0.39, 0.29) is 0 Å². The zero-order valence-electron chi connectivity index (χ0n) is 11.8. The summed E-state index contributed by atoms with van der Waals surface area (Å²) in [6.45, 7) is 5.20. The van der Waals surface area contributed by atoms with Crippen molar-refractivity contribution < 1.29 is 9.47 Å². The van der Waals surface area contributed by atoms with Gasteiger partial charge in [-0.15, -0.1) is 0 Å². The molecular formula is C14H22ClNO2. The van der Waals surface area contributed by atoms with Gasteiger partial charge in [-0.3, -0.25) is 0 Å². The molecule has 0 heterocycles. The van der Waals surface area contributed by atoms with Crippen molar-refractivity contribution in [2.24, 2.45) is 0 Å². The Labute approximate surface area is 114 Å². The maximum atomic E-state index is 6.24. The SMILES string of the molecule is CNCCc1cc(Cl)c(OC)c(OC)c1C(C)C. The van der Waals surface area contributed by atoms with Gasteiger partial charge in [0, 0.05) is 5.56 Å². The number of methoxy groups -OCH3 is 2. The highest BCUT2D eigenvalue weighted by atomic mass is 35.5. The number of rotatable bonds is 6. The minimum absolute atomic E-state index is 0.359. The molecule has 0 spiro atoms. The lowest BCUT2D eigenvalue weighted by Gasteiger charge is -2.20. The number of nitrogens with one attached hydrogen (secondary N) is 1. The Morgan fingerprint density at radius 1 is 1.22 bits per heavy atom. The lowest BCUT2D eigenvalue weighted by Crippen LogP contribution is -2.13. The molecule has 0 amide bonds. The quantitative estimate of drug-likeness (QED) is 0.862. The van der Waals surface area contributed by atoms with Crippen LogP contribution in [0.25, 0.3) is 0 Å². The normalized spacial score (nSPS) is 10.8. The smallest absolute Gasteiger partial charge is 0.179 e. The average molecular weight is 272 g/mol. The molecule has 0 saturated carbocycles. The molecule has 0 unspecified atom stereocenters. The van der Waals surface area contributed by atoms with Gasteiger partial charge >= 0.3 is 0 Å². The van der Waals surface area contributed by atoms with E-state index in [1.54, 1.807) is 14.2 Å². The molecule has 1 aromatic rings. The van der Waals surface area contributed by atoms with Crippen molar-refractivity contribution in [3.05, 3.63) is 22.2 Å². The van der Waals surface area contributed by atoms with Gasteiger partial charge in [0.05, 0.1) is 19.2 Å². The van der Waals surface area contributed by atoms with E-state index in [0.717, 1.165) is 18.7 Å². The van der Waals surface area contributed by atoms with Crippen LogP contribution < -0.4 is 14.8 Å². The summed E-state index contributed by atoms with van der Waals surface area (Å²) in [7, 11) is 5.21. The molecule has 1 rings (SSSR count).